The molecule has 0 spiro atoms. The Morgan fingerprint density at radius 3 is 2.22 bits per heavy atom. The van der Waals surface area contributed by atoms with E-state index in [2.05, 4.69) is 10.1 Å². The van der Waals surface area contributed by atoms with Crippen LogP contribution >= 0.6 is 23.2 Å². The first-order chi connectivity index (χ1) is 12.9. The maximum Gasteiger partial charge on any atom is 0.369 e. The van der Waals surface area contributed by atoms with Gasteiger partial charge < -0.3 is 14.8 Å². The summed E-state index contributed by atoms with van der Waals surface area (Å²) in [4.78, 5) is 24.2. The van der Waals surface area contributed by atoms with Crippen molar-refractivity contribution in [2.24, 2.45) is 0 Å². The van der Waals surface area contributed by atoms with Gasteiger partial charge in [0, 0.05) is 0 Å². The molecule has 0 amide bonds. The van der Waals surface area contributed by atoms with Gasteiger partial charge in [-0.1, -0.05) is 59.6 Å². The van der Waals surface area contributed by atoms with Crippen LogP contribution in [-0.2, 0) is 25.5 Å². The molecule has 2 aromatic carbocycles. The highest BCUT2D eigenvalue weighted by molar-refractivity contribution is 6.39. The second-order valence-electron chi connectivity index (χ2n) is 5.29. The molecule has 0 saturated heterocycles. The molecule has 1 unspecified atom stereocenters. The van der Waals surface area contributed by atoms with Gasteiger partial charge in [0.15, 0.2) is 6.61 Å². The minimum absolute atomic E-state index is 0.104. The molecule has 27 heavy (non-hydrogen) atoms. The topological polar surface area (TPSA) is 64.6 Å². The summed E-state index contributed by atoms with van der Waals surface area (Å²) in [6, 6.07) is 13.2. The minimum Gasteiger partial charge on any atom is -0.455 e. The normalized spacial score (nSPS) is 11.7. The molecule has 0 heterocycles. The van der Waals surface area contributed by atoms with E-state index in [1.54, 1.807) is 36.4 Å². The maximum atomic E-state index is 12.3. The van der Waals surface area contributed by atoms with E-state index in [-0.39, 0.29) is 22.2 Å². The third-order valence-electron chi connectivity index (χ3n) is 3.24. The summed E-state index contributed by atoms with van der Waals surface area (Å²) in [5.41, 5.74) is 0.755. The fourth-order valence-electron chi connectivity index (χ4n) is 2.06. The summed E-state index contributed by atoms with van der Waals surface area (Å²) in [5.74, 6) is -1.97. The van der Waals surface area contributed by atoms with Crippen molar-refractivity contribution >= 4 is 40.8 Å². The van der Waals surface area contributed by atoms with Crippen molar-refractivity contribution in [1.29, 1.82) is 0 Å². The third-order valence-corrected chi connectivity index (χ3v) is 3.87. The van der Waals surface area contributed by atoms with Gasteiger partial charge >= 0.3 is 11.9 Å². The molecule has 0 fully saturated rings. The van der Waals surface area contributed by atoms with E-state index in [1.165, 1.54) is 12.1 Å². The number of halogens is 4. The first-order valence-electron chi connectivity index (χ1n) is 7.75. The molecule has 1 N–H and O–H groups in total. The van der Waals surface area contributed by atoms with Crippen molar-refractivity contribution in [3.8, 4) is 0 Å². The highest BCUT2D eigenvalue weighted by atomic mass is 35.5. The van der Waals surface area contributed by atoms with E-state index in [0.717, 1.165) is 0 Å². The molecule has 0 aliphatic rings. The van der Waals surface area contributed by atoms with Crippen LogP contribution in [0.1, 0.15) is 5.56 Å². The maximum absolute atomic E-state index is 12.3. The number of para-hydroxylation sites is 1. The van der Waals surface area contributed by atoms with Crippen LogP contribution in [0, 0.1) is 0 Å². The van der Waals surface area contributed by atoms with Crippen molar-refractivity contribution in [3.63, 3.8) is 0 Å². The quantitative estimate of drug-likeness (QED) is 0.511. The highest BCUT2D eigenvalue weighted by Crippen LogP contribution is 2.30. The lowest BCUT2D eigenvalue weighted by atomic mass is 10.2. The van der Waals surface area contributed by atoms with Crippen molar-refractivity contribution in [2.75, 3.05) is 11.9 Å². The number of hydrogen-bond donors (Lipinski definition) is 1. The first kappa shape index (κ1) is 20.9. The Morgan fingerprint density at radius 2 is 1.63 bits per heavy atom. The van der Waals surface area contributed by atoms with Gasteiger partial charge in [0.05, 0.1) is 22.2 Å². The molecule has 144 valence electrons. The lowest BCUT2D eigenvalue weighted by Crippen LogP contribution is -2.37. The van der Waals surface area contributed by atoms with E-state index in [0.29, 0.717) is 5.56 Å². The molecule has 0 saturated carbocycles. The van der Waals surface area contributed by atoms with Crippen LogP contribution in [-0.4, -0.2) is 31.2 Å². The average Bonchev–Trinajstić information content (AvgIpc) is 2.62. The fourth-order valence-corrected chi connectivity index (χ4v) is 2.57. The van der Waals surface area contributed by atoms with E-state index >= 15 is 0 Å². The SMILES string of the molecule is O=C(Cc1ccccc1)OC(Nc1c(Cl)cccc1Cl)C(=O)OCC(F)F. The van der Waals surface area contributed by atoms with Crippen LogP contribution in [0.5, 0.6) is 0 Å². The molecule has 0 aliphatic heterocycles. The Kier molecular flexibility index (Phi) is 7.82. The van der Waals surface area contributed by atoms with Gasteiger partial charge in [0.1, 0.15) is 0 Å². The molecule has 0 aliphatic carbocycles. The van der Waals surface area contributed by atoms with Crippen LogP contribution in [0.4, 0.5) is 14.5 Å². The number of carbonyl (C=O) groups excluding carboxylic acids is 2. The lowest BCUT2D eigenvalue weighted by Gasteiger charge is -2.20. The second kappa shape index (κ2) is 10.1. The highest BCUT2D eigenvalue weighted by Gasteiger charge is 2.27. The summed E-state index contributed by atoms with van der Waals surface area (Å²) < 4.78 is 34.2. The van der Waals surface area contributed by atoms with E-state index in [9.17, 15) is 18.4 Å². The van der Waals surface area contributed by atoms with Gasteiger partial charge in [-0.15, -0.1) is 0 Å². The summed E-state index contributed by atoms with van der Waals surface area (Å²) >= 11 is 12.0. The summed E-state index contributed by atoms with van der Waals surface area (Å²) in [6.45, 7) is -1.14. The molecular weight excluding hydrogens is 403 g/mol. The van der Waals surface area contributed by atoms with E-state index in [1.807, 2.05) is 0 Å². The zero-order chi connectivity index (χ0) is 19.8. The molecule has 1 atom stereocenters. The smallest absolute Gasteiger partial charge is 0.369 e. The van der Waals surface area contributed by atoms with Crippen LogP contribution in [0.2, 0.25) is 10.0 Å². The molecule has 9 heteroatoms. The number of hydrogen-bond acceptors (Lipinski definition) is 5. The zero-order valence-electron chi connectivity index (χ0n) is 13.8. The van der Waals surface area contributed by atoms with E-state index < -0.39 is 31.2 Å². The van der Waals surface area contributed by atoms with Gasteiger partial charge in [-0.05, 0) is 17.7 Å². The van der Waals surface area contributed by atoms with Crippen molar-refractivity contribution in [2.45, 2.75) is 19.1 Å². The van der Waals surface area contributed by atoms with Gasteiger partial charge in [-0.2, -0.15) is 0 Å². The standard InChI is InChI=1S/C18H15Cl2F2NO4/c19-12-7-4-8-13(20)16(12)23-17(18(25)26-10-14(21)22)27-15(24)9-11-5-2-1-3-6-11/h1-8,14,17,23H,9-10H2. The summed E-state index contributed by atoms with van der Waals surface area (Å²) in [6.07, 6.45) is -4.69. The Hall–Kier alpha value is -2.38. The monoisotopic (exact) mass is 417 g/mol. The van der Waals surface area contributed by atoms with Crippen LogP contribution in [0.25, 0.3) is 0 Å². The Bertz CT molecular complexity index is 770. The number of alkyl halides is 2. The van der Waals surface area contributed by atoms with Gasteiger partial charge in [-0.25, -0.2) is 13.6 Å². The Labute approximate surface area is 164 Å². The summed E-state index contributed by atoms with van der Waals surface area (Å²) in [7, 11) is 0. The molecule has 0 radical (unpaired) electrons. The molecule has 2 rings (SSSR count). The zero-order valence-corrected chi connectivity index (χ0v) is 15.3. The number of ether oxygens (including phenoxy) is 2. The van der Waals surface area contributed by atoms with Crippen molar-refractivity contribution in [1.82, 2.24) is 0 Å². The minimum atomic E-state index is -2.86. The second-order valence-corrected chi connectivity index (χ2v) is 6.11. The summed E-state index contributed by atoms with van der Waals surface area (Å²) in [5, 5.41) is 2.82. The van der Waals surface area contributed by atoms with Gasteiger partial charge in [-0.3, -0.25) is 4.79 Å². The largest absolute Gasteiger partial charge is 0.455 e. The number of nitrogens with one attached hydrogen (secondary N) is 1. The molecule has 2 aromatic rings. The van der Waals surface area contributed by atoms with Crippen LogP contribution < -0.4 is 5.32 Å². The predicted octanol–water partition coefficient (Wildman–Crippen LogP) is 4.33. The van der Waals surface area contributed by atoms with Crippen LogP contribution in [0.15, 0.2) is 48.5 Å². The number of esters is 2. The van der Waals surface area contributed by atoms with Crippen LogP contribution in [0.3, 0.4) is 0 Å². The number of carbonyl (C=O) groups is 2. The first-order valence-corrected chi connectivity index (χ1v) is 8.51. The predicted molar refractivity (Wildman–Crippen MR) is 97.1 cm³/mol. The lowest BCUT2D eigenvalue weighted by molar-refractivity contribution is -0.167. The van der Waals surface area contributed by atoms with Gasteiger partial charge in [0.2, 0.25) is 0 Å². The Morgan fingerprint density at radius 1 is 1.00 bits per heavy atom. The number of rotatable bonds is 8. The molecule has 0 bridgehead atoms. The number of anilines is 1. The fraction of sp³-hybridized carbons (Fsp3) is 0.222. The molecule has 0 aromatic heterocycles. The Balaban J connectivity index is 2.13. The van der Waals surface area contributed by atoms with Gasteiger partial charge in [0.25, 0.3) is 12.7 Å². The van der Waals surface area contributed by atoms with E-state index in [4.69, 9.17) is 27.9 Å². The number of benzene rings is 2. The molecule has 5 nitrogen and oxygen atoms in total. The third kappa shape index (κ3) is 6.69. The van der Waals surface area contributed by atoms with Crippen molar-refractivity contribution < 1.29 is 27.8 Å². The molecular formula is C18H15Cl2F2NO4. The average molecular weight is 418 g/mol. The van der Waals surface area contributed by atoms with Crippen molar-refractivity contribution in [3.05, 3.63) is 64.1 Å².